The standard InChI is InChI=1S/C21H24O3/c1-13-9-10-16(11-14(13)2)19(22)15(3)23-18-8-6-7-17-12-21(4,5)24-20(17)18/h6-11,15H,12H2,1-5H3/t15-/m0/s1. The van der Waals surface area contributed by atoms with Crippen LogP contribution in [0.25, 0.3) is 0 Å². The molecular weight excluding hydrogens is 300 g/mol. The maximum Gasteiger partial charge on any atom is 0.203 e. The first kappa shape index (κ1) is 16.6. The van der Waals surface area contributed by atoms with E-state index in [1.165, 1.54) is 5.56 Å². The van der Waals surface area contributed by atoms with E-state index in [-0.39, 0.29) is 11.4 Å². The summed E-state index contributed by atoms with van der Waals surface area (Å²) < 4.78 is 12.0. The summed E-state index contributed by atoms with van der Waals surface area (Å²) in [4.78, 5) is 12.7. The van der Waals surface area contributed by atoms with Crippen molar-refractivity contribution in [1.82, 2.24) is 0 Å². The molecule has 1 heterocycles. The molecule has 126 valence electrons. The van der Waals surface area contributed by atoms with Gasteiger partial charge in [-0.2, -0.15) is 0 Å². The van der Waals surface area contributed by atoms with Crippen LogP contribution in [0.2, 0.25) is 0 Å². The number of carbonyl (C=O) groups excluding carboxylic acids is 1. The van der Waals surface area contributed by atoms with Gasteiger partial charge in [-0.25, -0.2) is 0 Å². The quantitative estimate of drug-likeness (QED) is 0.767. The Bertz CT molecular complexity index is 790. The Morgan fingerprint density at radius 3 is 2.62 bits per heavy atom. The Morgan fingerprint density at radius 2 is 1.92 bits per heavy atom. The maximum atomic E-state index is 12.7. The SMILES string of the molecule is Cc1ccc(C(=O)[C@H](C)Oc2cccc3c2OC(C)(C)C3)cc1C. The van der Waals surface area contributed by atoms with Crippen molar-refractivity contribution >= 4 is 5.78 Å². The number of carbonyl (C=O) groups is 1. The van der Waals surface area contributed by atoms with E-state index < -0.39 is 6.10 Å². The topological polar surface area (TPSA) is 35.5 Å². The number of hydrogen-bond acceptors (Lipinski definition) is 3. The summed E-state index contributed by atoms with van der Waals surface area (Å²) in [7, 11) is 0. The third-order valence-corrected chi connectivity index (χ3v) is 4.52. The van der Waals surface area contributed by atoms with Gasteiger partial charge in [-0.3, -0.25) is 4.79 Å². The van der Waals surface area contributed by atoms with Gasteiger partial charge in [0.15, 0.2) is 17.6 Å². The van der Waals surface area contributed by atoms with Crippen LogP contribution in [-0.4, -0.2) is 17.5 Å². The third-order valence-electron chi connectivity index (χ3n) is 4.52. The van der Waals surface area contributed by atoms with Crippen LogP contribution in [0.1, 0.15) is 47.8 Å². The molecule has 0 aliphatic carbocycles. The van der Waals surface area contributed by atoms with Gasteiger partial charge in [0.05, 0.1) is 0 Å². The van der Waals surface area contributed by atoms with E-state index in [0.717, 1.165) is 23.3 Å². The first-order chi connectivity index (χ1) is 11.3. The van der Waals surface area contributed by atoms with Crippen molar-refractivity contribution < 1.29 is 14.3 Å². The largest absolute Gasteiger partial charge is 0.483 e. The second kappa shape index (κ2) is 5.97. The molecule has 0 saturated carbocycles. The molecule has 24 heavy (non-hydrogen) atoms. The van der Waals surface area contributed by atoms with Crippen LogP contribution in [0, 0.1) is 13.8 Å². The number of para-hydroxylation sites is 1. The summed E-state index contributed by atoms with van der Waals surface area (Å²) in [6, 6.07) is 11.6. The van der Waals surface area contributed by atoms with Crippen molar-refractivity contribution in [3.8, 4) is 11.5 Å². The summed E-state index contributed by atoms with van der Waals surface area (Å²) in [6.45, 7) is 9.95. The van der Waals surface area contributed by atoms with Crippen LogP contribution in [-0.2, 0) is 6.42 Å². The van der Waals surface area contributed by atoms with Crippen LogP contribution in [0.5, 0.6) is 11.5 Å². The van der Waals surface area contributed by atoms with E-state index in [4.69, 9.17) is 9.47 Å². The first-order valence-corrected chi connectivity index (χ1v) is 8.36. The molecule has 0 aromatic heterocycles. The van der Waals surface area contributed by atoms with Crippen LogP contribution in [0.3, 0.4) is 0 Å². The lowest BCUT2D eigenvalue weighted by Gasteiger charge is -2.20. The summed E-state index contributed by atoms with van der Waals surface area (Å²) in [5.74, 6) is 1.39. The molecule has 0 N–H and O–H groups in total. The summed E-state index contributed by atoms with van der Waals surface area (Å²) >= 11 is 0. The van der Waals surface area contributed by atoms with Crippen LogP contribution in [0.4, 0.5) is 0 Å². The number of ether oxygens (including phenoxy) is 2. The van der Waals surface area contributed by atoms with Gasteiger partial charge in [-0.15, -0.1) is 0 Å². The maximum absolute atomic E-state index is 12.7. The van der Waals surface area contributed by atoms with E-state index in [0.29, 0.717) is 11.3 Å². The monoisotopic (exact) mass is 324 g/mol. The van der Waals surface area contributed by atoms with Crippen molar-refractivity contribution in [3.63, 3.8) is 0 Å². The predicted molar refractivity (Wildman–Crippen MR) is 95.2 cm³/mol. The van der Waals surface area contributed by atoms with Gasteiger partial charge in [-0.05, 0) is 57.9 Å². The van der Waals surface area contributed by atoms with Crippen LogP contribution >= 0.6 is 0 Å². The number of fused-ring (bicyclic) bond motifs is 1. The van der Waals surface area contributed by atoms with Crippen molar-refractivity contribution in [2.75, 3.05) is 0 Å². The first-order valence-electron chi connectivity index (χ1n) is 8.36. The van der Waals surface area contributed by atoms with Crippen molar-refractivity contribution in [2.45, 2.75) is 52.7 Å². The molecule has 0 saturated heterocycles. The average molecular weight is 324 g/mol. The van der Waals surface area contributed by atoms with Gasteiger partial charge in [0.1, 0.15) is 5.60 Å². The zero-order chi connectivity index (χ0) is 17.5. The molecule has 0 radical (unpaired) electrons. The second-order valence-electron chi connectivity index (χ2n) is 7.21. The van der Waals surface area contributed by atoms with Crippen molar-refractivity contribution in [3.05, 3.63) is 58.7 Å². The Morgan fingerprint density at radius 1 is 1.17 bits per heavy atom. The number of rotatable bonds is 4. The van der Waals surface area contributed by atoms with Crippen LogP contribution in [0.15, 0.2) is 36.4 Å². The summed E-state index contributed by atoms with van der Waals surface area (Å²) in [6.07, 6.45) is 0.282. The normalized spacial score (nSPS) is 16.2. The van der Waals surface area contributed by atoms with Crippen LogP contribution < -0.4 is 9.47 Å². The predicted octanol–water partition coefficient (Wildman–Crippen LogP) is 4.67. The molecule has 0 fully saturated rings. The van der Waals surface area contributed by atoms with E-state index in [1.807, 2.05) is 50.2 Å². The molecule has 1 aliphatic heterocycles. The molecule has 2 aromatic carbocycles. The highest BCUT2D eigenvalue weighted by atomic mass is 16.5. The number of aryl methyl sites for hydroxylation is 2. The molecule has 1 atom stereocenters. The van der Waals surface area contributed by atoms with E-state index in [1.54, 1.807) is 6.92 Å². The molecule has 0 amide bonds. The molecular formula is C21H24O3. The lowest BCUT2D eigenvalue weighted by atomic mass is 10.0. The van der Waals surface area contributed by atoms with E-state index in [2.05, 4.69) is 13.8 Å². The van der Waals surface area contributed by atoms with Gasteiger partial charge in [0.25, 0.3) is 0 Å². The molecule has 3 rings (SSSR count). The van der Waals surface area contributed by atoms with Crippen molar-refractivity contribution in [2.24, 2.45) is 0 Å². The molecule has 0 bridgehead atoms. The summed E-state index contributed by atoms with van der Waals surface area (Å²) in [5, 5.41) is 0. The Kier molecular flexibility index (Phi) is 4.12. The van der Waals surface area contributed by atoms with Crippen molar-refractivity contribution in [1.29, 1.82) is 0 Å². The fourth-order valence-electron chi connectivity index (χ4n) is 3.05. The minimum Gasteiger partial charge on any atom is -0.483 e. The van der Waals surface area contributed by atoms with Gasteiger partial charge < -0.3 is 9.47 Å². The van der Waals surface area contributed by atoms with Gasteiger partial charge in [-0.1, -0.05) is 24.3 Å². The Balaban J connectivity index is 1.81. The highest BCUT2D eigenvalue weighted by Crippen LogP contribution is 2.42. The fraction of sp³-hybridized carbons (Fsp3) is 0.381. The van der Waals surface area contributed by atoms with Gasteiger partial charge in [0, 0.05) is 17.5 Å². The highest BCUT2D eigenvalue weighted by molar-refractivity contribution is 5.99. The van der Waals surface area contributed by atoms with E-state index in [9.17, 15) is 4.79 Å². The second-order valence-corrected chi connectivity index (χ2v) is 7.21. The van der Waals surface area contributed by atoms with Gasteiger partial charge >= 0.3 is 0 Å². The fourth-order valence-corrected chi connectivity index (χ4v) is 3.05. The smallest absolute Gasteiger partial charge is 0.203 e. The highest BCUT2D eigenvalue weighted by Gasteiger charge is 2.33. The minimum absolute atomic E-state index is 0.0204. The van der Waals surface area contributed by atoms with E-state index >= 15 is 0 Å². The molecule has 2 aromatic rings. The number of Topliss-reactive ketones (excluding diaryl/α,β-unsaturated/α-hetero) is 1. The third kappa shape index (κ3) is 3.16. The number of hydrogen-bond donors (Lipinski definition) is 0. The Hall–Kier alpha value is -2.29. The average Bonchev–Trinajstić information content (AvgIpc) is 2.84. The molecule has 1 aliphatic rings. The minimum atomic E-state index is -0.564. The summed E-state index contributed by atoms with van der Waals surface area (Å²) in [5.41, 5.74) is 3.86. The molecule has 3 heteroatoms. The zero-order valence-corrected chi connectivity index (χ0v) is 15.0. The lowest BCUT2D eigenvalue weighted by molar-refractivity contribution is 0.0801. The molecule has 0 spiro atoms. The number of benzene rings is 2. The van der Waals surface area contributed by atoms with Gasteiger partial charge in [0.2, 0.25) is 5.78 Å². The molecule has 3 nitrogen and oxygen atoms in total. The number of ketones is 1. The zero-order valence-electron chi connectivity index (χ0n) is 15.0. The lowest BCUT2D eigenvalue weighted by Crippen LogP contribution is -2.26. The molecule has 0 unspecified atom stereocenters. The Labute approximate surface area is 143 Å².